The minimum atomic E-state index is -4.07. The lowest BCUT2D eigenvalue weighted by Crippen LogP contribution is -2.33. The molecule has 0 bridgehead atoms. The number of carboxylic acids is 1. The Hall–Kier alpha value is -4.78. The standard InChI is InChI=1S/C28H34N6O6S/c1-3-15-30-27(37)32-22-8-6-10-24(17-22)41(39,40)34-23-9-5-7-19(16-23)25(18-26(35)36)33-28(38)31-21-13-11-20(12-14-21)29-4-2/h5-14,16-17,25,29,34H,3-4,15,18H2,1-2H3,(H,35,36)(H2,30,32,37)(H2,31,33,38)/t25-/m1/s1. The van der Waals surface area contributed by atoms with Crippen LogP contribution in [0.3, 0.4) is 0 Å². The zero-order valence-corrected chi connectivity index (χ0v) is 23.5. The van der Waals surface area contributed by atoms with Crippen LogP contribution < -0.4 is 31.3 Å². The fraction of sp³-hybridized carbons (Fsp3) is 0.250. The largest absolute Gasteiger partial charge is 0.481 e. The fourth-order valence-electron chi connectivity index (χ4n) is 3.82. The van der Waals surface area contributed by atoms with Crippen molar-refractivity contribution in [2.75, 3.05) is 33.8 Å². The van der Waals surface area contributed by atoms with Gasteiger partial charge in [0.25, 0.3) is 10.0 Å². The van der Waals surface area contributed by atoms with Crippen LogP contribution in [0.4, 0.5) is 32.3 Å². The van der Waals surface area contributed by atoms with Gasteiger partial charge in [0.1, 0.15) is 0 Å². The van der Waals surface area contributed by atoms with E-state index in [1.54, 1.807) is 42.5 Å². The van der Waals surface area contributed by atoms with Crippen molar-refractivity contribution in [3.63, 3.8) is 0 Å². The van der Waals surface area contributed by atoms with Gasteiger partial charge < -0.3 is 31.7 Å². The number of rotatable bonds is 13. The van der Waals surface area contributed by atoms with E-state index in [9.17, 15) is 27.9 Å². The highest BCUT2D eigenvalue weighted by Gasteiger charge is 2.20. The third-order valence-electron chi connectivity index (χ3n) is 5.69. The van der Waals surface area contributed by atoms with Crippen LogP contribution in [-0.4, -0.2) is 44.6 Å². The Bertz CT molecular complexity index is 1460. The second-order valence-electron chi connectivity index (χ2n) is 9.00. The van der Waals surface area contributed by atoms with Crippen LogP contribution in [-0.2, 0) is 14.8 Å². The SMILES string of the molecule is CCCNC(=O)Nc1cccc(S(=O)(=O)Nc2cccc([C@@H](CC(=O)O)NC(=O)Nc3ccc(NCC)cc3)c2)c1. The minimum Gasteiger partial charge on any atom is -0.481 e. The molecule has 218 valence electrons. The summed E-state index contributed by atoms with van der Waals surface area (Å²) in [5.74, 6) is -1.15. The number of carbonyl (C=O) groups excluding carboxylic acids is 2. The summed E-state index contributed by atoms with van der Waals surface area (Å²) < 4.78 is 28.7. The van der Waals surface area contributed by atoms with Gasteiger partial charge in [0.05, 0.1) is 17.4 Å². The number of hydrogen-bond donors (Lipinski definition) is 7. The molecule has 0 radical (unpaired) electrons. The molecular formula is C28H34N6O6S. The van der Waals surface area contributed by atoms with Gasteiger partial charge in [-0.2, -0.15) is 0 Å². The van der Waals surface area contributed by atoms with Crippen molar-refractivity contribution in [2.45, 2.75) is 37.6 Å². The maximum Gasteiger partial charge on any atom is 0.319 e. The number of anilines is 4. The maximum atomic E-state index is 13.1. The van der Waals surface area contributed by atoms with E-state index in [1.165, 1.54) is 30.3 Å². The first-order valence-corrected chi connectivity index (χ1v) is 14.5. The van der Waals surface area contributed by atoms with Crippen molar-refractivity contribution in [2.24, 2.45) is 0 Å². The predicted molar refractivity (Wildman–Crippen MR) is 159 cm³/mol. The van der Waals surface area contributed by atoms with E-state index in [2.05, 4.69) is 31.3 Å². The average molecular weight is 583 g/mol. The molecule has 0 saturated carbocycles. The molecule has 0 fully saturated rings. The van der Waals surface area contributed by atoms with Crippen molar-refractivity contribution in [1.82, 2.24) is 10.6 Å². The second kappa shape index (κ2) is 14.6. The fourth-order valence-corrected chi connectivity index (χ4v) is 4.91. The lowest BCUT2D eigenvalue weighted by atomic mass is 10.0. The number of carbonyl (C=O) groups is 3. The zero-order chi connectivity index (χ0) is 29.8. The molecule has 7 N–H and O–H groups in total. The van der Waals surface area contributed by atoms with Gasteiger partial charge in [-0.3, -0.25) is 9.52 Å². The molecule has 4 amide bonds. The maximum absolute atomic E-state index is 13.1. The monoisotopic (exact) mass is 582 g/mol. The second-order valence-corrected chi connectivity index (χ2v) is 10.7. The number of aliphatic carboxylic acids is 1. The Morgan fingerprint density at radius 3 is 2.15 bits per heavy atom. The molecule has 0 aliphatic rings. The van der Waals surface area contributed by atoms with Crippen LogP contribution in [0.5, 0.6) is 0 Å². The van der Waals surface area contributed by atoms with Gasteiger partial charge in [0.15, 0.2) is 0 Å². The lowest BCUT2D eigenvalue weighted by molar-refractivity contribution is -0.137. The molecule has 0 aromatic heterocycles. The average Bonchev–Trinajstić information content (AvgIpc) is 2.92. The number of amides is 4. The molecule has 0 heterocycles. The molecule has 12 nitrogen and oxygen atoms in total. The van der Waals surface area contributed by atoms with Crippen molar-refractivity contribution in [1.29, 1.82) is 0 Å². The summed E-state index contributed by atoms with van der Waals surface area (Å²) in [6.45, 7) is 5.11. The Morgan fingerprint density at radius 2 is 1.46 bits per heavy atom. The summed E-state index contributed by atoms with van der Waals surface area (Å²) in [5, 5.41) is 23.2. The van der Waals surface area contributed by atoms with Gasteiger partial charge in [-0.05, 0) is 73.5 Å². The molecule has 41 heavy (non-hydrogen) atoms. The quantitative estimate of drug-likeness (QED) is 0.151. The Morgan fingerprint density at radius 1 is 0.805 bits per heavy atom. The third-order valence-corrected chi connectivity index (χ3v) is 7.07. The van der Waals surface area contributed by atoms with Crippen LogP contribution in [0.25, 0.3) is 0 Å². The molecule has 3 rings (SSSR count). The van der Waals surface area contributed by atoms with Crippen LogP contribution in [0.1, 0.15) is 38.3 Å². The molecule has 0 spiro atoms. The molecule has 1 atom stereocenters. The molecule has 0 saturated heterocycles. The summed E-state index contributed by atoms with van der Waals surface area (Å²) in [6, 6.07) is 16.9. The highest BCUT2D eigenvalue weighted by atomic mass is 32.2. The van der Waals surface area contributed by atoms with Crippen molar-refractivity contribution in [3.05, 3.63) is 78.4 Å². The normalized spacial score (nSPS) is 11.6. The topological polar surface area (TPSA) is 178 Å². The number of sulfonamides is 1. The van der Waals surface area contributed by atoms with Gasteiger partial charge in [0, 0.05) is 35.8 Å². The van der Waals surface area contributed by atoms with Gasteiger partial charge in [-0.1, -0.05) is 25.1 Å². The number of hydrogen-bond acceptors (Lipinski definition) is 6. The first-order chi connectivity index (χ1) is 19.6. The predicted octanol–water partition coefficient (Wildman–Crippen LogP) is 4.79. The summed E-state index contributed by atoms with van der Waals surface area (Å²) >= 11 is 0. The molecule has 3 aromatic rings. The summed E-state index contributed by atoms with van der Waals surface area (Å²) in [5.41, 5.74) is 2.25. The van der Waals surface area contributed by atoms with Crippen LogP contribution >= 0.6 is 0 Å². The Labute approximate surface area is 239 Å². The van der Waals surface area contributed by atoms with E-state index in [4.69, 9.17) is 0 Å². The van der Waals surface area contributed by atoms with E-state index >= 15 is 0 Å². The number of benzene rings is 3. The van der Waals surface area contributed by atoms with Crippen LogP contribution in [0.15, 0.2) is 77.7 Å². The van der Waals surface area contributed by atoms with Crippen molar-refractivity contribution in [3.8, 4) is 0 Å². The van der Waals surface area contributed by atoms with E-state index < -0.39 is 40.5 Å². The number of nitrogens with one attached hydrogen (secondary N) is 6. The zero-order valence-electron chi connectivity index (χ0n) is 22.7. The summed E-state index contributed by atoms with van der Waals surface area (Å²) in [4.78, 5) is 36.1. The lowest BCUT2D eigenvalue weighted by Gasteiger charge is -2.19. The van der Waals surface area contributed by atoms with E-state index in [0.29, 0.717) is 23.5 Å². The van der Waals surface area contributed by atoms with Gasteiger partial charge >= 0.3 is 18.0 Å². The first kappa shape index (κ1) is 30.8. The van der Waals surface area contributed by atoms with Crippen LogP contribution in [0.2, 0.25) is 0 Å². The van der Waals surface area contributed by atoms with Gasteiger partial charge in [-0.15, -0.1) is 0 Å². The Balaban J connectivity index is 1.73. The van der Waals surface area contributed by atoms with E-state index in [-0.39, 0.29) is 10.6 Å². The molecular weight excluding hydrogens is 548 g/mol. The van der Waals surface area contributed by atoms with E-state index in [1.807, 2.05) is 13.8 Å². The molecule has 13 heteroatoms. The molecule has 0 unspecified atom stereocenters. The summed E-state index contributed by atoms with van der Waals surface area (Å²) in [7, 11) is -4.07. The van der Waals surface area contributed by atoms with E-state index in [0.717, 1.165) is 18.7 Å². The molecule has 3 aromatic carbocycles. The third kappa shape index (κ3) is 9.72. The molecule has 0 aliphatic heterocycles. The highest BCUT2D eigenvalue weighted by molar-refractivity contribution is 7.92. The van der Waals surface area contributed by atoms with Crippen molar-refractivity contribution >= 4 is 50.8 Å². The van der Waals surface area contributed by atoms with Crippen molar-refractivity contribution < 1.29 is 27.9 Å². The number of carboxylic acid groups (broad SMARTS) is 1. The number of urea groups is 2. The van der Waals surface area contributed by atoms with Gasteiger partial charge in [-0.25, -0.2) is 18.0 Å². The van der Waals surface area contributed by atoms with Gasteiger partial charge in [0.2, 0.25) is 0 Å². The Kier molecular flexibility index (Phi) is 10.9. The first-order valence-electron chi connectivity index (χ1n) is 13.0. The van der Waals surface area contributed by atoms with Crippen LogP contribution in [0, 0.1) is 0 Å². The highest BCUT2D eigenvalue weighted by Crippen LogP contribution is 2.24. The summed E-state index contributed by atoms with van der Waals surface area (Å²) in [6.07, 6.45) is 0.319. The molecule has 0 aliphatic carbocycles. The minimum absolute atomic E-state index is 0.0871. The smallest absolute Gasteiger partial charge is 0.319 e.